The number of hydrogen-bond donors (Lipinski definition) is 1. The van der Waals surface area contributed by atoms with Crippen LogP contribution in [0.1, 0.15) is 68.3 Å². The third-order valence-electron chi connectivity index (χ3n) is 8.74. The maximum atomic E-state index is 13.9. The van der Waals surface area contributed by atoms with Crippen LogP contribution in [-0.4, -0.2) is 48.1 Å². The highest BCUT2D eigenvalue weighted by atomic mass is 35.5. The Kier molecular flexibility index (Phi) is 9.19. The summed E-state index contributed by atoms with van der Waals surface area (Å²) in [4.78, 5) is 29.5. The Morgan fingerprint density at radius 1 is 1.09 bits per heavy atom. The summed E-state index contributed by atoms with van der Waals surface area (Å²) in [6.07, 6.45) is 1.27. The van der Waals surface area contributed by atoms with E-state index >= 15 is 0 Å². The summed E-state index contributed by atoms with van der Waals surface area (Å²) in [6.45, 7) is 6.75. The lowest BCUT2D eigenvalue weighted by atomic mass is 9.77. The fourth-order valence-electron chi connectivity index (χ4n) is 6.39. The van der Waals surface area contributed by atoms with Crippen molar-refractivity contribution in [3.8, 4) is 17.6 Å². The van der Waals surface area contributed by atoms with E-state index in [-0.39, 0.29) is 36.7 Å². The van der Waals surface area contributed by atoms with Crippen molar-refractivity contribution in [3.05, 3.63) is 87.9 Å². The van der Waals surface area contributed by atoms with Crippen LogP contribution in [0.5, 0.6) is 11.5 Å². The third kappa shape index (κ3) is 6.26. The standard InChI is InChI=1S/C35H38ClN3O5/c1-22(2)44-31-21-29-24(19-30(31)43-4)20-33(41)39(34(29)23-5-9-27(36)10-6-23)28-11-7-25(8-12-28)35(3,42)26-14-17-38(18-15-26)32(40)13-16-37/h5-12,19,21-22,26,34,42H,13-15,17-18,20H2,1-4H3. The Bertz CT molecular complexity index is 1550. The maximum absolute atomic E-state index is 13.9. The molecule has 1 saturated heterocycles. The van der Waals surface area contributed by atoms with Crippen molar-refractivity contribution in [2.45, 2.75) is 64.2 Å². The van der Waals surface area contributed by atoms with Crippen LogP contribution in [0.25, 0.3) is 0 Å². The molecule has 3 aromatic rings. The zero-order valence-corrected chi connectivity index (χ0v) is 26.3. The molecule has 5 rings (SSSR count). The van der Waals surface area contributed by atoms with Gasteiger partial charge in [0, 0.05) is 23.8 Å². The average Bonchev–Trinajstić information content (AvgIpc) is 3.01. The second kappa shape index (κ2) is 12.9. The largest absolute Gasteiger partial charge is 0.493 e. The molecule has 1 fully saturated rings. The summed E-state index contributed by atoms with van der Waals surface area (Å²) in [6, 6.07) is 20.4. The van der Waals surface area contributed by atoms with Crippen molar-refractivity contribution >= 4 is 29.1 Å². The number of methoxy groups -OCH3 is 1. The van der Waals surface area contributed by atoms with Crippen molar-refractivity contribution in [2.75, 3.05) is 25.1 Å². The van der Waals surface area contributed by atoms with Gasteiger partial charge in [-0.1, -0.05) is 35.9 Å². The molecule has 44 heavy (non-hydrogen) atoms. The normalized spacial score (nSPS) is 18.4. The first-order valence-corrected chi connectivity index (χ1v) is 15.3. The summed E-state index contributed by atoms with van der Waals surface area (Å²) in [7, 11) is 1.59. The number of anilines is 1. The summed E-state index contributed by atoms with van der Waals surface area (Å²) < 4.78 is 11.7. The topological polar surface area (TPSA) is 103 Å². The van der Waals surface area contributed by atoms with E-state index in [1.165, 1.54) is 0 Å². The van der Waals surface area contributed by atoms with Crippen LogP contribution in [0.2, 0.25) is 5.02 Å². The Labute approximate surface area is 263 Å². The fraction of sp³-hybridized carbons (Fsp3) is 0.400. The minimum absolute atomic E-state index is 0.0563. The lowest BCUT2D eigenvalue weighted by molar-refractivity contribution is -0.133. The average molecular weight is 616 g/mol. The Morgan fingerprint density at radius 2 is 1.75 bits per heavy atom. The van der Waals surface area contributed by atoms with Gasteiger partial charge in [0.2, 0.25) is 11.8 Å². The molecule has 2 aliphatic heterocycles. The van der Waals surface area contributed by atoms with Gasteiger partial charge in [-0.2, -0.15) is 5.26 Å². The second-order valence-corrected chi connectivity index (χ2v) is 12.4. The number of benzene rings is 3. The predicted molar refractivity (Wildman–Crippen MR) is 169 cm³/mol. The summed E-state index contributed by atoms with van der Waals surface area (Å²) in [5.41, 5.74) is 3.04. The number of likely N-dealkylation sites (tertiary alicyclic amines) is 1. The van der Waals surface area contributed by atoms with Gasteiger partial charge in [0.1, 0.15) is 6.42 Å². The van der Waals surface area contributed by atoms with Gasteiger partial charge in [-0.15, -0.1) is 0 Å². The summed E-state index contributed by atoms with van der Waals surface area (Å²) in [5.74, 6) is 0.908. The van der Waals surface area contributed by atoms with Gasteiger partial charge in [0.25, 0.3) is 0 Å². The van der Waals surface area contributed by atoms with Crippen LogP contribution in [0, 0.1) is 17.2 Å². The molecule has 2 heterocycles. The van der Waals surface area contributed by atoms with Crippen LogP contribution in [-0.2, 0) is 21.6 Å². The maximum Gasteiger partial charge on any atom is 0.236 e. The molecule has 0 saturated carbocycles. The number of hydrogen-bond acceptors (Lipinski definition) is 6. The second-order valence-electron chi connectivity index (χ2n) is 11.9. The number of carbonyl (C=O) groups excluding carboxylic acids is 2. The molecule has 0 spiro atoms. The SMILES string of the molecule is COc1cc2c(cc1OC(C)C)C(c1ccc(Cl)cc1)N(c1ccc(C(C)(O)C3CCN(C(=O)CC#N)CC3)cc1)C(=O)C2. The van der Waals surface area contributed by atoms with Crippen molar-refractivity contribution in [2.24, 2.45) is 5.92 Å². The molecule has 8 nitrogen and oxygen atoms in total. The molecule has 0 aliphatic carbocycles. The zero-order chi connectivity index (χ0) is 31.6. The zero-order valence-electron chi connectivity index (χ0n) is 25.5. The minimum Gasteiger partial charge on any atom is -0.493 e. The molecule has 2 atom stereocenters. The first-order chi connectivity index (χ1) is 21.0. The molecule has 0 bridgehead atoms. The number of rotatable bonds is 8. The minimum atomic E-state index is -1.13. The van der Waals surface area contributed by atoms with E-state index in [2.05, 4.69) is 0 Å². The molecule has 230 valence electrons. The monoisotopic (exact) mass is 615 g/mol. The number of aliphatic hydroxyl groups is 1. The van der Waals surface area contributed by atoms with Gasteiger partial charge in [-0.05, 0) is 98.2 Å². The highest BCUT2D eigenvalue weighted by molar-refractivity contribution is 6.30. The van der Waals surface area contributed by atoms with E-state index in [9.17, 15) is 14.7 Å². The van der Waals surface area contributed by atoms with E-state index in [1.807, 2.05) is 87.5 Å². The van der Waals surface area contributed by atoms with Gasteiger partial charge >= 0.3 is 0 Å². The molecule has 2 unspecified atom stereocenters. The van der Waals surface area contributed by atoms with E-state index in [1.54, 1.807) is 16.9 Å². The number of fused-ring (bicyclic) bond motifs is 1. The molecular formula is C35H38ClN3O5. The van der Waals surface area contributed by atoms with Gasteiger partial charge in [0.15, 0.2) is 11.5 Å². The molecule has 3 aromatic carbocycles. The quantitative estimate of drug-likeness (QED) is 0.325. The number of ether oxygens (including phenoxy) is 2. The smallest absolute Gasteiger partial charge is 0.236 e. The molecular weight excluding hydrogens is 578 g/mol. The number of nitrogens with zero attached hydrogens (tertiary/aromatic N) is 3. The number of halogens is 1. The van der Waals surface area contributed by atoms with Gasteiger partial charge in [-0.3, -0.25) is 9.59 Å². The number of carbonyl (C=O) groups is 2. The van der Waals surface area contributed by atoms with E-state index in [0.717, 1.165) is 22.3 Å². The molecule has 1 N–H and O–H groups in total. The summed E-state index contributed by atoms with van der Waals surface area (Å²) >= 11 is 6.24. The first-order valence-electron chi connectivity index (χ1n) is 15.0. The predicted octanol–water partition coefficient (Wildman–Crippen LogP) is 6.17. The van der Waals surface area contributed by atoms with Crippen LogP contribution in [0.3, 0.4) is 0 Å². The highest BCUT2D eigenvalue weighted by Crippen LogP contribution is 2.44. The van der Waals surface area contributed by atoms with E-state index in [4.69, 9.17) is 26.3 Å². The number of nitriles is 1. The van der Waals surface area contributed by atoms with Crippen molar-refractivity contribution in [1.82, 2.24) is 4.90 Å². The van der Waals surface area contributed by atoms with Crippen molar-refractivity contribution < 1.29 is 24.2 Å². The van der Waals surface area contributed by atoms with E-state index < -0.39 is 11.6 Å². The highest BCUT2D eigenvalue weighted by Gasteiger charge is 2.39. The van der Waals surface area contributed by atoms with Crippen LogP contribution in [0.15, 0.2) is 60.7 Å². The van der Waals surface area contributed by atoms with Crippen LogP contribution >= 0.6 is 11.6 Å². The van der Waals surface area contributed by atoms with Gasteiger partial charge in [-0.25, -0.2) is 0 Å². The lowest BCUT2D eigenvalue weighted by Crippen LogP contribution is -2.44. The summed E-state index contributed by atoms with van der Waals surface area (Å²) in [5, 5.41) is 21.1. The lowest BCUT2D eigenvalue weighted by Gasteiger charge is -2.40. The van der Waals surface area contributed by atoms with Crippen LogP contribution in [0.4, 0.5) is 5.69 Å². The Morgan fingerprint density at radius 3 is 2.34 bits per heavy atom. The molecule has 0 aromatic heterocycles. The molecule has 2 aliphatic rings. The molecule has 2 amide bonds. The van der Waals surface area contributed by atoms with Crippen molar-refractivity contribution in [3.63, 3.8) is 0 Å². The van der Waals surface area contributed by atoms with E-state index in [0.29, 0.717) is 48.1 Å². The first kappa shape index (κ1) is 31.4. The van der Waals surface area contributed by atoms with Crippen molar-refractivity contribution in [1.29, 1.82) is 5.26 Å². The van der Waals surface area contributed by atoms with Gasteiger partial charge < -0.3 is 24.4 Å². The number of piperidine rings is 1. The molecule has 0 radical (unpaired) electrons. The third-order valence-corrected chi connectivity index (χ3v) is 8.99. The van der Waals surface area contributed by atoms with Gasteiger partial charge in [0.05, 0.1) is 37.3 Å². The Hall–Kier alpha value is -4.06. The molecule has 9 heteroatoms. The Balaban J connectivity index is 1.48. The fourth-order valence-corrected chi connectivity index (χ4v) is 6.52. The number of amides is 2. The van der Waals surface area contributed by atoms with Crippen LogP contribution < -0.4 is 14.4 Å².